The molecule has 4 rings (SSSR count). The Labute approximate surface area is 206 Å². The van der Waals surface area contributed by atoms with Crippen molar-refractivity contribution in [2.45, 2.75) is 57.8 Å². The zero-order valence-corrected chi connectivity index (χ0v) is 20.5. The van der Waals surface area contributed by atoms with Gasteiger partial charge in [-0.05, 0) is 43.4 Å². The minimum atomic E-state index is -0.881. The highest BCUT2D eigenvalue weighted by Crippen LogP contribution is 2.43. The molecule has 10 heteroatoms. The largest absolute Gasteiger partial charge is 0.481 e. The first-order valence-electron chi connectivity index (χ1n) is 12.5. The van der Waals surface area contributed by atoms with Crippen LogP contribution in [0.4, 0.5) is 0 Å². The number of hydrogen-bond acceptors (Lipinski definition) is 8. The Hall–Kier alpha value is -2.40. The summed E-state index contributed by atoms with van der Waals surface area (Å²) in [5.41, 5.74) is 0.864. The average molecular weight is 493 g/mol. The highest BCUT2D eigenvalue weighted by Gasteiger charge is 2.47. The number of nitrogens with zero attached hydrogens (tertiary/aromatic N) is 2. The first-order chi connectivity index (χ1) is 17.0. The van der Waals surface area contributed by atoms with E-state index in [2.05, 4.69) is 0 Å². The fourth-order valence-electron chi connectivity index (χ4n) is 5.13. The van der Waals surface area contributed by atoms with E-state index < -0.39 is 11.9 Å². The molecule has 1 aromatic rings. The fraction of sp³-hybridized carbons (Fsp3) is 0.680. The van der Waals surface area contributed by atoms with Crippen LogP contribution in [0.25, 0.3) is 0 Å². The Morgan fingerprint density at radius 3 is 2.60 bits per heavy atom. The number of hydrogen-bond donors (Lipinski definition) is 1. The number of ether oxygens (including phenoxy) is 4. The summed E-state index contributed by atoms with van der Waals surface area (Å²) in [7, 11) is 0. The van der Waals surface area contributed by atoms with Crippen LogP contribution >= 0.6 is 0 Å². The Morgan fingerprint density at radius 1 is 1.11 bits per heavy atom. The normalized spacial score (nSPS) is 24.2. The third-order valence-corrected chi connectivity index (χ3v) is 6.74. The lowest BCUT2D eigenvalue weighted by atomic mass is 9.83. The van der Waals surface area contributed by atoms with E-state index in [0.29, 0.717) is 57.3 Å². The van der Waals surface area contributed by atoms with Gasteiger partial charge in [-0.3, -0.25) is 19.3 Å². The molecule has 2 fully saturated rings. The first kappa shape index (κ1) is 25.7. The van der Waals surface area contributed by atoms with Crippen LogP contribution in [-0.4, -0.2) is 85.5 Å². The molecule has 1 N–H and O–H groups in total. The minimum Gasteiger partial charge on any atom is -0.481 e. The maximum atomic E-state index is 13.2. The molecule has 0 spiro atoms. The van der Waals surface area contributed by atoms with Crippen molar-refractivity contribution in [3.63, 3.8) is 0 Å². The number of aliphatic carboxylic acids is 1. The van der Waals surface area contributed by atoms with Crippen LogP contribution in [-0.2, 0) is 23.9 Å². The van der Waals surface area contributed by atoms with Crippen molar-refractivity contribution < 1.29 is 38.5 Å². The second-order valence-corrected chi connectivity index (χ2v) is 9.16. The number of hydroxylamine groups is 2. The molecule has 0 aromatic heterocycles. The van der Waals surface area contributed by atoms with Crippen LogP contribution in [0.5, 0.6) is 11.5 Å². The number of carbonyl (C=O) groups excluding carboxylic acids is 1. The summed E-state index contributed by atoms with van der Waals surface area (Å²) in [5.74, 6) is -0.765. The average Bonchev–Trinajstić information content (AvgIpc) is 3.59. The maximum Gasteiger partial charge on any atom is 0.308 e. The van der Waals surface area contributed by atoms with Gasteiger partial charge in [0.25, 0.3) is 5.91 Å². The van der Waals surface area contributed by atoms with Crippen molar-refractivity contribution in [1.82, 2.24) is 9.96 Å². The second kappa shape index (κ2) is 12.0. The topological polar surface area (TPSA) is 107 Å². The van der Waals surface area contributed by atoms with E-state index in [-0.39, 0.29) is 37.5 Å². The summed E-state index contributed by atoms with van der Waals surface area (Å²) in [4.78, 5) is 33.4. The van der Waals surface area contributed by atoms with Crippen molar-refractivity contribution >= 4 is 11.9 Å². The fourth-order valence-corrected chi connectivity index (χ4v) is 5.13. The Bertz CT molecular complexity index is 875. The van der Waals surface area contributed by atoms with Gasteiger partial charge in [-0.2, -0.15) is 0 Å². The predicted octanol–water partition coefficient (Wildman–Crippen LogP) is 2.62. The third-order valence-electron chi connectivity index (χ3n) is 6.74. The molecule has 0 radical (unpaired) electrons. The van der Waals surface area contributed by atoms with E-state index in [0.717, 1.165) is 18.4 Å². The van der Waals surface area contributed by atoms with Gasteiger partial charge in [0, 0.05) is 25.0 Å². The number of fused-ring (bicyclic) bond motifs is 1. The number of likely N-dealkylation sites (tertiary alicyclic amines) is 1. The molecule has 3 atom stereocenters. The van der Waals surface area contributed by atoms with Gasteiger partial charge in [-0.15, -0.1) is 0 Å². The van der Waals surface area contributed by atoms with Gasteiger partial charge in [0.15, 0.2) is 17.8 Å². The van der Waals surface area contributed by atoms with Crippen molar-refractivity contribution in [1.29, 1.82) is 0 Å². The molecule has 3 aliphatic heterocycles. The summed E-state index contributed by atoms with van der Waals surface area (Å²) in [6.45, 7) is 6.71. The van der Waals surface area contributed by atoms with Gasteiger partial charge in [0.2, 0.25) is 6.79 Å². The van der Waals surface area contributed by atoms with Gasteiger partial charge < -0.3 is 24.1 Å². The van der Waals surface area contributed by atoms with Crippen LogP contribution in [0.1, 0.15) is 51.0 Å². The summed E-state index contributed by atoms with van der Waals surface area (Å²) in [6.07, 6.45) is 2.34. The zero-order chi connectivity index (χ0) is 24.8. The first-order valence-corrected chi connectivity index (χ1v) is 12.5. The van der Waals surface area contributed by atoms with Crippen LogP contribution < -0.4 is 9.47 Å². The lowest BCUT2D eigenvalue weighted by molar-refractivity contribution is -0.188. The molecular weight excluding hydrogens is 456 g/mol. The molecule has 2 saturated heterocycles. The van der Waals surface area contributed by atoms with Crippen molar-refractivity contribution in [2.24, 2.45) is 5.92 Å². The Morgan fingerprint density at radius 2 is 1.89 bits per heavy atom. The van der Waals surface area contributed by atoms with E-state index in [9.17, 15) is 14.7 Å². The Kier molecular flexibility index (Phi) is 8.83. The van der Waals surface area contributed by atoms with Crippen molar-refractivity contribution in [3.05, 3.63) is 23.8 Å². The number of carbonyl (C=O) groups is 2. The maximum absolute atomic E-state index is 13.2. The van der Waals surface area contributed by atoms with E-state index in [1.54, 1.807) is 0 Å². The monoisotopic (exact) mass is 492 g/mol. The lowest BCUT2D eigenvalue weighted by Crippen LogP contribution is -2.44. The van der Waals surface area contributed by atoms with Crippen molar-refractivity contribution in [3.8, 4) is 11.5 Å². The zero-order valence-electron chi connectivity index (χ0n) is 20.5. The quantitative estimate of drug-likeness (QED) is 0.441. The van der Waals surface area contributed by atoms with E-state index in [1.807, 2.05) is 36.9 Å². The molecule has 35 heavy (non-hydrogen) atoms. The molecule has 3 aliphatic rings. The lowest BCUT2D eigenvalue weighted by Gasteiger charge is -2.29. The SMILES string of the molecule is CCCON(CCC)C(=O)CN1CC(c2ccc3c(c2)OCO3)C(C(=O)O)C1CCC1OCCO1. The van der Waals surface area contributed by atoms with E-state index >= 15 is 0 Å². The Balaban J connectivity index is 1.56. The van der Waals surface area contributed by atoms with Crippen LogP contribution in [0.15, 0.2) is 18.2 Å². The van der Waals surface area contributed by atoms with Crippen molar-refractivity contribution in [2.75, 3.05) is 46.2 Å². The van der Waals surface area contributed by atoms with Gasteiger partial charge in [-0.25, -0.2) is 5.06 Å². The summed E-state index contributed by atoms with van der Waals surface area (Å²) in [5, 5.41) is 11.7. The molecule has 0 bridgehead atoms. The molecule has 10 nitrogen and oxygen atoms in total. The van der Waals surface area contributed by atoms with Gasteiger partial charge in [0.1, 0.15) is 0 Å². The molecule has 1 amide bonds. The van der Waals surface area contributed by atoms with Crippen LogP contribution in [0.3, 0.4) is 0 Å². The molecule has 1 aromatic carbocycles. The van der Waals surface area contributed by atoms with Crippen LogP contribution in [0.2, 0.25) is 0 Å². The molecular formula is C25H36N2O8. The smallest absolute Gasteiger partial charge is 0.308 e. The number of benzene rings is 1. The standard InChI is InChI=1S/C25H36N2O8/c1-3-9-27(35-10-4-2)22(28)15-26-14-18(17-5-7-20-21(13-17)34-16-33-20)24(25(29)30)19(26)6-8-23-31-11-12-32-23/h5,7,13,18-19,23-24H,3-4,6,8-12,14-16H2,1-2H3,(H,29,30). The number of carboxylic acid groups (broad SMARTS) is 1. The molecule has 0 aliphatic carbocycles. The van der Waals surface area contributed by atoms with E-state index in [1.165, 1.54) is 5.06 Å². The van der Waals surface area contributed by atoms with Gasteiger partial charge in [0.05, 0.1) is 32.3 Å². The highest BCUT2D eigenvalue weighted by atomic mass is 16.7. The highest BCUT2D eigenvalue weighted by molar-refractivity contribution is 5.78. The molecule has 3 heterocycles. The van der Waals surface area contributed by atoms with E-state index in [4.69, 9.17) is 23.8 Å². The summed E-state index contributed by atoms with van der Waals surface area (Å²) < 4.78 is 22.1. The number of rotatable bonds is 12. The minimum absolute atomic E-state index is 0.0889. The molecule has 0 saturated carbocycles. The molecule has 3 unspecified atom stereocenters. The van der Waals surface area contributed by atoms with Crippen LogP contribution in [0, 0.1) is 5.92 Å². The summed E-state index contributed by atoms with van der Waals surface area (Å²) >= 11 is 0. The number of amides is 1. The molecule has 194 valence electrons. The second-order valence-electron chi connectivity index (χ2n) is 9.16. The van der Waals surface area contributed by atoms with Gasteiger partial charge in [-0.1, -0.05) is 19.9 Å². The van der Waals surface area contributed by atoms with Gasteiger partial charge >= 0.3 is 5.97 Å². The third kappa shape index (κ3) is 6.06. The summed E-state index contributed by atoms with van der Waals surface area (Å²) in [6, 6.07) is 5.23. The number of carboxylic acids is 1. The predicted molar refractivity (Wildman–Crippen MR) is 125 cm³/mol.